The summed E-state index contributed by atoms with van der Waals surface area (Å²) in [4.78, 5) is 26.1. The summed E-state index contributed by atoms with van der Waals surface area (Å²) in [6.45, 7) is 4.58. The van der Waals surface area contributed by atoms with Gasteiger partial charge in [-0.25, -0.2) is 4.79 Å². The Hall–Kier alpha value is -2.83. The molecule has 24 heavy (non-hydrogen) atoms. The van der Waals surface area contributed by atoms with Crippen LogP contribution in [0.15, 0.2) is 47.2 Å². The third-order valence-electron chi connectivity index (χ3n) is 3.33. The zero-order chi connectivity index (χ0) is 17.4. The first-order valence-corrected chi connectivity index (χ1v) is 7.86. The fourth-order valence-electron chi connectivity index (χ4n) is 2.02. The molecule has 0 atom stereocenters. The number of amides is 3. The molecule has 0 bridgehead atoms. The highest BCUT2D eigenvalue weighted by Gasteiger charge is 2.18. The van der Waals surface area contributed by atoms with E-state index < -0.39 is 0 Å². The number of rotatable bonds is 7. The number of hydrogen-bond donors (Lipinski definition) is 2. The van der Waals surface area contributed by atoms with Crippen molar-refractivity contribution in [1.29, 1.82) is 0 Å². The Balaban J connectivity index is 1.97. The smallest absolute Gasteiger partial charge is 0.322 e. The first kappa shape index (κ1) is 17.5. The molecule has 0 radical (unpaired) electrons. The van der Waals surface area contributed by atoms with E-state index in [0.29, 0.717) is 24.0 Å². The summed E-state index contributed by atoms with van der Waals surface area (Å²) in [5.74, 6) is 0.429. The minimum atomic E-state index is -0.323. The molecule has 2 rings (SSSR count). The standard InChI is InChI=1S/C17H22N4O3/c1-13(2)8-10-21(12-16(22)19-15-9-11-24-20-15)17(23)18-14-6-4-3-5-7-14/h3-7,9,11,13H,8,10,12H2,1-2H3,(H,18,23)(H,19,20,22). The Kier molecular flexibility index (Phi) is 6.36. The van der Waals surface area contributed by atoms with E-state index in [1.165, 1.54) is 11.2 Å². The Morgan fingerprint density at radius 1 is 1.17 bits per heavy atom. The lowest BCUT2D eigenvalue weighted by Gasteiger charge is -2.23. The molecule has 2 aromatic rings. The summed E-state index contributed by atoms with van der Waals surface area (Å²) >= 11 is 0. The zero-order valence-electron chi connectivity index (χ0n) is 13.9. The van der Waals surface area contributed by atoms with Crippen LogP contribution in [0.3, 0.4) is 0 Å². The van der Waals surface area contributed by atoms with E-state index in [4.69, 9.17) is 0 Å². The van der Waals surface area contributed by atoms with Crippen LogP contribution in [0.2, 0.25) is 0 Å². The third kappa shape index (κ3) is 5.75. The summed E-state index contributed by atoms with van der Waals surface area (Å²) in [5.41, 5.74) is 0.689. The van der Waals surface area contributed by atoms with Crippen molar-refractivity contribution in [3.8, 4) is 0 Å². The van der Waals surface area contributed by atoms with Crippen molar-refractivity contribution >= 4 is 23.4 Å². The van der Waals surface area contributed by atoms with E-state index in [9.17, 15) is 9.59 Å². The van der Waals surface area contributed by atoms with Crippen molar-refractivity contribution in [2.24, 2.45) is 5.92 Å². The van der Waals surface area contributed by atoms with Crippen LogP contribution in [0.4, 0.5) is 16.3 Å². The summed E-state index contributed by atoms with van der Waals surface area (Å²) < 4.78 is 4.67. The van der Waals surface area contributed by atoms with E-state index in [1.807, 2.05) is 18.2 Å². The molecule has 0 saturated heterocycles. The van der Waals surface area contributed by atoms with Gasteiger partial charge in [-0.3, -0.25) is 4.79 Å². The van der Waals surface area contributed by atoms with Gasteiger partial charge in [0.05, 0.1) is 0 Å². The predicted molar refractivity (Wildman–Crippen MR) is 91.6 cm³/mol. The van der Waals surface area contributed by atoms with Crippen LogP contribution in [0.25, 0.3) is 0 Å². The minimum Gasteiger partial charge on any atom is -0.363 e. The highest BCUT2D eigenvalue weighted by Crippen LogP contribution is 2.09. The predicted octanol–water partition coefficient (Wildman–Crippen LogP) is 3.19. The molecule has 1 heterocycles. The molecule has 128 valence electrons. The molecule has 0 fully saturated rings. The second-order valence-corrected chi connectivity index (χ2v) is 5.83. The summed E-state index contributed by atoms with van der Waals surface area (Å²) in [7, 11) is 0. The van der Waals surface area contributed by atoms with Gasteiger partial charge in [0.2, 0.25) is 5.91 Å². The van der Waals surface area contributed by atoms with Gasteiger partial charge in [0.1, 0.15) is 12.8 Å². The largest absolute Gasteiger partial charge is 0.363 e. The second kappa shape index (κ2) is 8.71. The highest BCUT2D eigenvalue weighted by atomic mass is 16.5. The Morgan fingerprint density at radius 2 is 1.92 bits per heavy atom. The number of carbonyl (C=O) groups excluding carboxylic acids is 2. The van der Waals surface area contributed by atoms with E-state index in [0.717, 1.165) is 6.42 Å². The number of carbonyl (C=O) groups is 2. The average Bonchev–Trinajstić information content (AvgIpc) is 3.05. The number of hydrogen-bond acceptors (Lipinski definition) is 4. The lowest BCUT2D eigenvalue weighted by molar-refractivity contribution is -0.116. The van der Waals surface area contributed by atoms with Crippen LogP contribution in [0.1, 0.15) is 20.3 Å². The number of nitrogens with zero attached hydrogens (tertiary/aromatic N) is 2. The Bertz CT molecular complexity index is 641. The fourth-order valence-corrected chi connectivity index (χ4v) is 2.02. The highest BCUT2D eigenvalue weighted by molar-refractivity contribution is 5.96. The second-order valence-electron chi connectivity index (χ2n) is 5.83. The number of para-hydroxylation sites is 1. The van der Waals surface area contributed by atoms with Crippen molar-refractivity contribution in [1.82, 2.24) is 10.1 Å². The van der Waals surface area contributed by atoms with E-state index in [1.54, 1.807) is 18.2 Å². The molecular weight excluding hydrogens is 308 g/mol. The quantitative estimate of drug-likeness (QED) is 0.816. The molecule has 0 aliphatic heterocycles. The van der Waals surface area contributed by atoms with Gasteiger partial charge in [0.15, 0.2) is 5.82 Å². The molecule has 1 aromatic heterocycles. The molecule has 7 nitrogen and oxygen atoms in total. The molecule has 0 aliphatic rings. The monoisotopic (exact) mass is 330 g/mol. The molecule has 7 heteroatoms. The number of nitrogens with one attached hydrogen (secondary N) is 2. The number of anilines is 2. The molecular formula is C17H22N4O3. The topological polar surface area (TPSA) is 87.5 Å². The summed E-state index contributed by atoms with van der Waals surface area (Å²) in [6, 6.07) is 10.4. The van der Waals surface area contributed by atoms with Gasteiger partial charge in [-0.1, -0.05) is 37.2 Å². The molecule has 0 unspecified atom stereocenters. The minimum absolute atomic E-state index is 0.0573. The SMILES string of the molecule is CC(C)CCN(CC(=O)Nc1ccon1)C(=O)Nc1ccccc1. The maximum Gasteiger partial charge on any atom is 0.322 e. The third-order valence-corrected chi connectivity index (χ3v) is 3.33. The number of benzene rings is 1. The Morgan fingerprint density at radius 3 is 2.54 bits per heavy atom. The Labute approximate surface area is 141 Å². The molecule has 0 spiro atoms. The molecule has 2 N–H and O–H groups in total. The summed E-state index contributed by atoms with van der Waals surface area (Å²) in [5, 5.41) is 9.02. The number of urea groups is 1. The van der Waals surface area contributed by atoms with Gasteiger partial charge < -0.3 is 20.1 Å². The van der Waals surface area contributed by atoms with Gasteiger partial charge >= 0.3 is 6.03 Å². The maximum atomic E-state index is 12.5. The molecule has 0 saturated carbocycles. The van der Waals surface area contributed by atoms with Crippen LogP contribution < -0.4 is 10.6 Å². The lowest BCUT2D eigenvalue weighted by Crippen LogP contribution is -2.41. The van der Waals surface area contributed by atoms with Crippen molar-refractivity contribution in [3.63, 3.8) is 0 Å². The zero-order valence-corrected chi connectivity index (χ0v) is 13.9. The molecule has 1 aromatic carbocycles. The number of aromatic nitrogens is 1. The van der Waals surface area contributed by atoms with E-state index in [2.05, 4.69) is 34.2 Å². The van der Waals surface area contributed by atoms with Gasteiger partial charge in [0, 0.05) is 18.3 Å². The van der Waals surface area contributed by atoms with Crippen molar-refractivity contribution < 1.29 is 14.1 Å². The van der Waals surface area contributed by atoms with Crippen LogP contribution in [-0.2, 0) is 4.79 Å². The van der Waals surface area contributed by atoms with Crippen molar-refractivity contribution in [3.05, 3.63) is 42.7 Å². The lowest BCUT2D eigenvalue weighted by atomic mass is 10.1. The van der Waals surface area contributed by atoms with Crippen molar-refractivity contribution in [2.75, 3.05) is 23.7 Å². The molecule has 3 amide bonds. The van der Waals surface area contributed by atoms with Crippen LogP contribution in [0, 0.1) is 5.92 Å². The first-order chi connectivity index (χ1) is 11.5. The van der Waals surface area contributed by atoms with E-state index in [-0.39, 0.29) is 18.5 Å². The maximum absolute atomic E-state index is 12.5. The molecule has 0 aliphatic carbocycles. The van der Waals surface area contributed by atoms with Gasteiger partial charge in [0.25, 0.3) is 0 Å². The first-order valence-electron chi connectivity index (χ1n) is 7.86. The van der Waals surface area contributed by atoms with Gasteiger partial charge in [-0.15, -0.1) is 0 Å². The average molecular weight is 330 g/mol. The fraction of sp³-hybridized carbons (Fsp3) is 0.353. The van der Waals surface area contributed by atoms with Crippen LogP contribution in [-0.4, -0.2) is 35.1 Å². The van der Waals surface area contributed by atoms with Gasteiger partial charge in [-0.2, -0.15) is 0 Å². The van der Waals surface area contributed by atoms with Gasteiger partial charge in [-0.05, 0) is 24.5 Å². The normalized spacial score (nSPS) is 10.5. The van der Waals surface area contributed by atoms with Crippen LogP contribution in [0.5, 0.6) is 0 Å². The van der Waals surface area contributed by atoms with E-state index >= 15 is 0 Å². The summed E-state index contributed by atoms with van der Waals surface area (Å²) in [6.07, 6.45) is 2.17. The van der Waals surface area contributed by atoms with Crippen LogP contribution >= 0.6 is 0 Å². The van der Waals surface area contributed by atoms with Crippen molar-refractivity contribution in [2.45, 2.75) is 20.3 Å².